The Hall–Kier alpha value is -2.41. The number of benzene rings is 1. The molecule has 7 nitrogen and oxygen atoms in total. The lowest BCUT2D eigenvalue weighted by molar-refractivity contribution is -0.139. The summed E-state index contributed by atoms with van der Waals surface area (Å²) in [6.07, 6.45) is 2.03. The van der Waals surface area contributed by atoms with E-state index in [0.717, 1.165) is 29.8 Å². The average molecular weight is 372 g/mol. The Morgan fingerprint density at radius 2 is 2.00 bits per heavy atom. The quantitative estimate of drug-likeness (QED) is 0.762. The third-order valence-electron chi connectivity index (χ3n) is 5.56. The molecular formula is C20H28N4O3. The highest BCUT2D eigenvalue weighted by atomic mass is 16.2. The van der Waals surface area contributed by atoms with Gasteiger partial charge in [0.1, 0.15) is 12.1 Å². The van der Waals surface area contributed by atoms with Gasteiger partial charge in [0.2, 0.25) is 5.91 Å². The zero-order valence-corrected chi connectivity index (χ0v) is 16.2. The molecule has 27 heavy (non-hydrogen) atoms. The first-order valence-corrected chi connectivity index (χ1v) is 9.49. The van der Waals surface area contributed by atoms with Crippen LogP contribution in [0.5, 0.6) is 0 Å². The number of rotatable bonds is 5. The molecule has 0 bridgehead atoms. The van der Waals surface area contributed by atoms with Gasteiger partial charge < -0.3 is 15.5 Å². The highest BCUT2D eigenvalue weighted by molar-refractivity contribution is 6.09. The Morgan fingerprint density at radius 3 is 2.67 bits per heavy atom. The van der Waals surface area contributed by atoms with Crippen LogP contribution in [0.15, 0.2) is 24.3 Å². The molecule has 2 unspecified atom stereocenters. The summed E-state index contributed by atoms with van der Waals surface area (Å²) in [5.74, 6) is -0.144. The molecule has 2 N–H and O–H groups in total. The normalized spacial score (nSPS) is 25.7. The van der Waals surface area contributed by atoms with Crippen molar-refractivity contribution in [2.75, 3.05) is 33.2 Å². The van der Waals surface area contributed by atoms with Crippen LogP contribution in [0.1, 0.15) is 30.9 Å². The largest absolute Gasteiger partial charge is 0.341 e. The molecule has 2 fully saturated rings. The predicted octanol–water partition coefficient (Wildman–Crippen LogP) is 1.22. The zero-order chi connectivity index (χ0) is 19.6. The third kappa shape index (κ3) is 3.83. The van der Waals surface area contributed by atoms with Gasteiger partial charge in [-0.05, 0) is 51.8 Å². The summed E-state index contributed by atoms with van der Waals surface area (Å²) >= 11 is 0. The first-order chi connectivity index (χ1) is 12.8. The minimum atomic E-state index is -1.14. The second-order valence-corrected chi connectivity index (χ2v) is 7.72. The number of amides is 4. The molecule has 0 saturated carbocycles. The summed E-state index contributed by atoms with van der Waals surface area (Å²) in [7, 11) is 1.90. The second-order valence-electron chi connectivity index (χ2n) is 7.72. The van der Waals surface area contributed by atoms with Gasteiger partial charge in [0.05, 0.1) is 0 Å². The number of aryl methyl sites for hydroxylation is 1. The smallest absolute Gasteiger partial charge is 0.325 e. The summed E-state index contributed by atoms with van der Waals surface area (Å²) in [5, 5.41) is 5.91. The minimum absolute atomic E-state index is 0.174. The first kappa shape index (κ1) is 19.4. The van der Waals surface area contributed by atoms with Gasteiger partial charge in [-0.25, -0.2) is 4.79 Å². The summed E-state index contributed by atoms with van der Waals surface area (Å²) in [6.45, 7) is 5.64. The van der Waals surface area contributed by atoms with Gasteiger partial charge in [-0.2, -0.15) is 0 Å². The van der Waals surface area contributed by atoms with Gasteiger partial charge in [-0.1, -0.05) is 29.8 Å². The molecule has 7 heteroatoms. The Morgan fingerprint density at radius 1 is 1.30 bits per heavy atom. The molecule has 0 radical (unpaired) electrons. The van der Waals surface area contributed by atoms with Crippen molar-refractivity contribution in [1.82, 2.24) is 20.4 Å². The molecule has 1 aromatic carbocycles. The van der Waals surface area contributed by atoms with Crippen LogP contribution in [0.3, 0.4) is 0 Å². The summed E-state index contributed by atoms with van der Waals surface area (Å²) in [6, 6.07) is 6.98. The monoisotopic (exact) mass is 372 g/mol. The maximum atomic E-state index is 13.0. The molecule has 1 aromatic rings. The van der Waals surface area contributed by atoms with Gasteiger partial charge in [0.25, 0.3) is 5.91 Å². The fourth-order valence-electron chi connectivity index (χ4n) is 3.91. The maximum Gasteiger partial charge on any atom is 0.325 e. The van der Waals surface area contributed by atoms with Crippen LogP contribution in [0, 0.1) is 12.8 Å². The third-order valence-corrected chi connectivity index (χ3v) is 5.56. The van der Waals surface area contributed by atoms with Crippen molar-refractivity contribution >= 4 is 17.8 Å². The summed E-state index contributed by atoms with van der Waals surface area (Å²) in [5.41, 5.74) is 0.655. The molecule has 2 heterocycles. The van der Waals surface area contributed by atoms with Crippen LogP contribution < -0.4 is 10.6 Å². The van der Waals surface area contributed by atoms with Crippen LogP contribution >= 0.6 is 0 Å². The van der Waals surface area contributed by atoms with Gasteiger partial charge in [-0.15, -0.1) is 0 Å². The van der Waals surface area contributed by atoms with E-state index in [0.29, 0.717) is 24.6 Å². The Labute approximate surface area is 160 Å². The van der Waals surface area contributed by atoms with Crippen molar-refractivity contribution in [1.29, 1.82) is 0 Å². The number of likely N-dealkylation sites (tertiary alicyclic amines) is 1. The number of hydrogen-bond acceptors (Lipinski definition) is 4. The molecule has 2 aliphatic rings. The van der Waals surface area contributed by atoms with Crippen LogP contribution in [-0.4, -0.2) is 60.9 Å². The standard InChI is InChI=1S/C20H28N4O3/c1-14-6-8-16(9-7-14)20(2)18(26)24(19(27)22-20)13-17(25)23-10-4-5-15(12-23)11-21-3/h6-9,15,21H,4-5,10-13H2,1-3H3,(H,22,27). The molecular weight excluding hydrogens is 344 g/mol. The first-order valence-electron chi connectivity index (χ1n) is 9.49. The highest BCUT2D eigenvalue weighted by Crippen LogP contribution is 2.29. The Kier molecular flexibility index (Phi) is 5.51. The summed E-state index contributed by atoms with van der Waals surface area (Å²) < 4.78 is 0. The van der Waals surface area contributed by atoms with E-state index in [1.165, 1.54) is 0 Å². The summed E-state index contributed by atoms with van der Waals surface area (Å²) in [4.78, 5) is 40.9. The molecule has 0 spiro atoms. The lowest BCUT2D eigenvalue weighted by Crippen LogP contribution is -2.48. The molecule has 4 amide bonds. The van der Waals surface area contributed by atoms with E-state index in [-0.39, 0.29) is 18.4 Å². The van der Waals surface area contributed by atoms with Gasteiger partial charge in [-0.3, -0.25) is 14.5 Å². The van der Waals surface area contributed by atoms with E-state index in [9.17, 15) is 14.4 Å². The van der Waals surface area contributed by atoms with Crippen LogP contribution in [-0.2, 0) is 15.1 Å². The van der Waals surface area contributed by atoms with Gasteiger partial charge in [0, 0.05) is 13.1 Å². The van der Waals surface area contributed by atoms with Crippen molar-refractivity contribution in [3.8, 4) is 0 Å². The highest BCUT2D eigenvalue weighted by Gasteiger charge is 2.49. The molecule has 2 aliphatic heterocycles. The van der Waals surface area contributed by atoms with Crippen molar-refractivity contribution in [2.45, 2.75) is 32.2 Å². The fraction of sp³-hybridized carbons (Fsp3) is 0.550. The number of imide groups is 1. The Bertz CT molecular complexity index is 731. The number of nitrogens with one attached hydrogen (secondary N) is 2. The van der Waals surface area contributed by atoms with E-state index in [1.54, 1.807) is 11.8 Å². The number of piperidine rings is 1. The molecule has 2 saturated heterocycles. The predicted molar refractivity (Wildman–Crippen MR) is 102 cm³/mol. The topological polar surface area (TPSA) is 81.8 Å². The van der Waals surface area contributed by atoms with E-state index < -0.39 is 11.6 Å². The van der Waals surface area contributed by atoms with Crippen LogP contribution in [0.4, 0.5) is 4.79 Å². The Balaban J connectivity index is 1.70. The lowest BCUT2D eigenvalue weighted by atomic mass is 9.91. The minimum Gasteiger partial charge on any atom is -0.341 e. The van der Waals surface area contributed by atoms with Crippen molar-refractivity contribution < 1.29 is 14.4 Å². The van der Waals surface area contributed by atoms with Gasteiger partial charge in [0.15, 0.2) is 0 Å². The number of urea groups is 1. The SMILES string of the molecule is CNCC1CCCN(C(=O)CN2C(=O)NC(C)(c3ccc(C)cc3)C2=O)C1. The number of carbonyl (C=O) groups excluding carboxylic acids is 3. The van der Waals surface area contributed by atoms with Gasteiger partial charge >= 0.3 is 6.03 Å². The molecule has 0 aromatic heterocycles. The van der Waals surface area contributed by atoms with Crippen molar-refractivity contribution in [3.63, 3.8) is 0 Å². The average Bonchev–Trinajstić information content (AvgIpc) is 2.87. The zero-order valence-electron chi connectivity index (χ0n) is 16.2. The van der Waals surface area contributed by atoms with Crippen molar-refractivity contribution in [3.05, 3.63) is 35.4 Å². The molecule has 2 atom stereocenters. The number of carbonyl (C=O) groups is 3. The molecule has 0 aliphatic carbocycles. The van der Waals surface area contributed by atoms with E-state index in [4.69, 9.17) is 0 Å². The second kappa shape index (κ2) is 7.68. The fourth-order valence-corrected chi connectivity index (χ4v) is 3.91. The van der Waals surface area contributed by atoms with Crippen LogP contribution in [0.2, 0.25) is 0 Å². The number of nitrogens with zero attached hydrogens (tertiary/aromatic N) is 2. The van der Waals surface area contributed by atoms with Crippen LogP contribution in [0.25, 0.3) is 0 Å². The number of hydrogen-bond donors (Lipinski definition) is 2. The molecule has 3 rings (SSSR count). The van der Waals surface area contributed by atoms with Crippen molar-refractivity contribution in [2.24, 2.45) is 5.92 Å². The molecule has 146 valence electrons. The van der Waals surface area contributed by atoms with E-state index in [1.807, 2.05) is 38.2 Å². The van der Waals surface area contributed by atoms with E-state index >= 15 is 0 Å². The maximum absolute atomic E-state index is 13.0. The lowest BCUT2D eigenvalue weighted by Gasteiger charge is -2.33. The van der Waals surface area contributed by atoms with E-state index in [2.05, 4.69) is 10.6 Å².